The van der Waals surface area contributed by atoms with E-state index in [4.69, 9.17) is 16.9 Å². The molecule has 0 aliphatic carbocycles. The Morgan fingerprint density at radius 1 is 1.05 bits per heavy atom. The minimum absolute atomic E-state index is 0.143. The largest absolute Gasteiger partial charge is 0.304 e. The predicted octanol–water partition coefficient (Wildman–Crippen LogP) is 4.62. The molecule has 2 rings (SSSR count). The molecule has 0 aromatic heterocycles. The molecule has 0 fully saturated rings. The molecule has 0 saturated carbocycles. The van der Waals surface area contributed by atoms with Crippen LogP contribution in [0.15, 0.2) is 48.5 Å². The quantitative estimate of drug-likeness (QED) is 0.889. The molecule has 0 bridgehead atoms. The van der Waals surface area contributed by atoms with Crippen molar-refractivity contribution in [3.05, 3.63) is 70.2 Å². The molecule has 102 valence electrons. The van der Waals surface area contributed by atoms with Gasteiger partial charge in [-0.3, -0.25) is 0 Å². The lowest BCUT2D eigenvalue weighted by Gasteiger charge is -2.21. The number of hydrogen-bond acceptors (Lipinski definition) is 2. The third kappa shape index (κ3) is 3.39. The summed E-state index contributed by atoms with van der Waals surface area (Å²) in [4.78, 5) is 0. The number of nitrogens with one attached hydrogen (secondary N) is 1. The van der Waals surface area contributed by atoms with Crippen molar-refractivity contribution in [2.24, 2.45) is 0 Å². The molecule has 2 aromatic carbocycles. The number of rotatable bonds is 4. The topological polar surface area (TPSA) is 35.8 Å². The normalized spacial score (nSPS) is 13.5. The molecule has 0 spiro atoms. The van der Waals surface area contributed by atoms with Crippen LogP contribution in [0, 0.1) is 11.3 Å². The molecular formula is C17H17ClN2. The summed E-state index contributed by atoms with van der Waals surface area (Å²) in [6.45, 7) is 4.18. The number of halogens is 1. The second-order valence-electron chi connectivity index (χ2n) is 4.87. The SMILES string of the molecule is CC(NC(C)c1ccccc1Cl)c1cccc(C#N)c1. The molecule has 0 saturated heterocycles. The van der Waals surface area contributed by atoms with E-state index >= 15 is 0 Å². The maximum absolute atomic E-state index is 8.95. The van der Waals surface area contributed by atoms with Gasteiger partial charge in [0.15, 0.2) is 0 Å². The van der Waals surface area contributed by atoms with E-state index in [1.165, 1.54) is 0 Å². The monoisotopic (exact) mass is 284 g/mol. The Kier molecular flexibility index (Phi) is 4.79. The molecule has 0 aliphatic heterocycles. The summed E-state index contributed by atoms with van der Waals surface area (Å²) in [5.74, 6) is 0. The van der Waals surface area contributed by atoms with Crippen LogP contribution in [0.5, 0.6) is 0 Å². The molecule has 0 radical (unpaired) electrons. The molecule has 2 nitrogen and oxygen atoms in total. The zero-order chi connectivity index (χ0) is 14.5. The summed E-state index contributed by atoms with van der Waals surface area (Å²) in [6, 6.07) is 18.0. The van der Waals surface area contributed by atoms with Crippen LogP contribution in [0.3, 0.4) is 0 Å². The van der Waals surface area contributed by atoms with Gasteiger partial charge in [-0.2, -0.15) is 5.26 Å². The third-order valence-electron chi connectivity index (χ3n) is 3.39. The van der Waals surface area contributed by atoms with Crippen molar-refractivity contribution in [3.63, 3.8) is 0 Å². The van der Waals surface area contributed by atoms with E-state index in [1.807, 2.05) is 48.5 Å². The Morgan fingerprint density at radius 3 is 2.50 bits per heavy atom. The molecule has 0 aliphatic rings. The molecule has 2 unspecified atom stereocenters. The first-order chi connectivity index (χ1) is 9.61. The average molecular weight is 285 g/mol. The number of benzene rings is 2. The Balaban J connectivity index is 2.13. The van der Waals surface area contributed by atoms with E-state index in [-0.39, 0.29) is 12.1 Å². The zero-order valence-corrected chi connectivity index (χ0v) is 12.4. The highest BCUT2D eigenvalue weighted by Gasteiger charge is 2.13. The van der Waals surface area contributed by atoms with E-state index in [9.17, 15) is 0 Å². The first-order valence-electron chi connectivity index (χ1n) is 6.62. The number of nitrogens with zero attached hydrogens (tertiary/aromatic N) is 1. The summed E-state index contributed by atoms with van der Waals surface area (Å²) in [5, 5.41) is 13.2. The fourth-order valence-electron chi connectivity index (χ4n) is 2.26. The highest BCUT2D eigenvalue weighted by Crippen LogP contribution is 2.25. The lowest BCUT2D eigenvalue weighted by atomic mass is 10.0. The lowest BCUT2D eigenvalue weighted by Crippen LogP contribution is -2.22. The summed E-state index contributed by atoms with van der Waals surface area (Å²) >= 11 is 6.21. The fourth-order valence-corrected chi connectivity index (χ4v) is 2.56. The third-order valence-corrected chi connectivity index (χ3v) is 3.73. The van der Waals surface area contributed by atoms with Crippen LogP contribution in [-0.2, 0) is 0 Å². The van der Waals surface area contributed by atoms with Gasteiger partial charge in [0.05, 0.1) is 11.6 Å². The smallest absolute Gasteiger partial charge is 0.0991 e. The van der Waals surface area contributed by atoms with Gasteiger partial charge in [0.1, 0.15) is 0 Å². The second-order valence-corrected chi connectivity index (χ2v) is 5.28. The highest BCUT2D eigenvalue weighted by molar-refractivity contribution is 6.31. The van der Waals surface area contributed by atoms with Gasteiger partial charge in [0.25, 0.3) is 0 Å². The minimum Gasteiger partial charge on any atom is -0.304 e. The van der Waals surface area contributed by atoms with Crippen molar-refractivity contribution in [2.45, 2.75) is 25.9 Å². The van der Waals surface area contributed by atoms with E-state index < -0.39 is 0 Å². The minimum atomic E-state index is 0.143. The molecule has 20 heavy (non-hydrogen) atoms. The van der Waals surface area contributed by atoms with Crippen LogP contribution in [0.4, 0.5) is 0 Å². The summed E-state index contributed by atoms with van der Waals surface area (Å²) in [6.07, 6.45) is 0. The van der Waals surface area contributed by atoms with Crippen molar-refractivity contribution in [3.8, 4) is 6.07 Å². The summed E-state index contributed by atoms with van der Waals surface area (Å²) in [5.41, 5.74) is 2.86. The van der Waals surface area contributed by atoms with Gasteiger partial charge in [-0.25, -0.2) is 0 Å². The van der Waals surface area contributed by atoms with Crippen LogP contribution in [0.1, 0.15) is 42.6 Å². The fraction of sp³-hybridized carbons (Fsp3) is 0.235. The van der Waals surface area contributed by atoms with Crippen LogP contribution in [0.2, 0.25) is 5.02 Å². The number of hydrogen-bond donors (Lipinski definition) is 1. The zero-order valence-electron chi connectivity index (χ0n) is 11.6. The van der Waals surface area contributed by atoms with Gasteiger partial charge in [-0.15, -0.1) is 0 Å². The van der Waals surface area contributed by atoms with Gasteiger partial charge >= 0.3 is 0 Å². The summed E-state index contributed by atoms with van der Waals surface area (Å²) in [7, 11) is 0. The Hall–Kier alpha value is -1.82. The second kappa shape index (κ2) is 6.56. The molecule has 2 aromatic rings. The Labute approximate surface area is 125 Å². The average Bonchev–Trinajstić information content (AvgIpc) is 2.47. The van der Waals surface area contributed by atoms with Crippen molar-refractivity contribution in [2.75, 3.05) is 0 Å². The van der Waals surface area contributed by atoms with E-state index in [1.54, 1.807) is 0 Å². The van der Waals surface area contributed by atoms with Gasteiger partial charge in [-0.1, -0.05) is 41.9 Å². The van der Waals surface area contributed by atoms with E-state index in [0.717, 1.165) is 16.1 Å². The predicted molar refractivity (Wildman–Crippen MR) is 82.6 cm³/mol. The first kappa shape index (κ1) is 14.6. The van der Waals surface area contributed by atoms with Gasteiger partial charge in [0.2, 0.25) is 0 Å². The van der Waals surface area contributed by atoms with Crippen molar-refractivity contribution in [1.82, 2.24) is 5.32 Å². The van der Waals surface area contributed by atoms with E-state index in [0.29, 0.717) is 5.56 Å². The molecule has 0 amide bonds. The Morgan fingerprint density at radius 2 is 1.80 bits per heavy atom. The first-order valence-corrected chi connectivity index (χ1v) is 7.00. The van der Waals surface area contributed by atoms with Crippen molar-refractivity contribution < 1.29 is 0 Å². The molecule has 3 heteroatoms. The van der Waals surface area contributed by atoms with Crippen molar-refractivity contribution in [1.29, 1.82) is 5.26 Å². The van der Waals surface area contributed by atoms with Crippen LogP contribution in [0.25, 0.3) is 0 Å². The lowest BCUT2D eigenvalue weighted by molar-refractivity contribution is 0.495. The van der Waals surface area contributed by atoms with E-state index in [2.05, 4.69) is 25.2 Å². The molecule has 2 atom stereocenters. The maximum Gasteiger partial charge on any atom is 0.0991 e. The molecule has 1 N–H and O–H groups in total. The van der Waals surface area contributed by atoms with Gasteiger partial charge in [0, 0.05) is 17.1 Å². The standard InChI is InChI=1S/C17H17ClN2/c1-12(15-7-5-6-14(10-15)11-19)20-13(2)16-8-3-4-9-17(16)18/h3-10,12-13,20H,1-2H3. The van der Waals surface area contributed by atoms with Crippen molar-refractivity contribution >= 4 is 11.6 Å². The van der Waals surface area contributed by atoms with Gasteiger partial charge < -0.3 is 5.32 Å². The van der Waals surface area contributed by atoms with Crippen LogP contribution < -0.4 is 5.32 Å². The van der Waals surface area contributed by atoms with Crippen LogP contribution in [-0.4, -0.2) is 0 Å². The molecule has 0 heterocycles. The van der Waals surface area contributed by atoms with Crippen LogP contribution >= 0.6 is 11.6 Å². The number of nitriles is 1. The van der Waals surface area contributed by atoms with Gasteiger partial charge in [-0.05, 0) is 43.2 Å². The highest BCUT2D eigenvalue weighted by atomic mass is 35.5. The molecular weight excluding hydrogens is 268 g/mol. The Bertz CT molecular complexity index is 631. The maximum atomic E-state index is 8.95. The summed E-state index contributed by atoms with van der Waals surface area (Å²) < 4.78 is 0.